The minimum absolute atomic E-state index is 0.216. The number of aryl methyl sites for hydroxylation is 2. The molecule has 5 nitrogen and oxygen atoms in total. The van der Waals surface area contributed by atoms with E-state index in [1.165, 1.54) is 0 Å². The molecular formula is C11H17N3O2S. The molecular weight excluding hydrogens is 238 g/mol. The Bertz CT molecular complexity index is 506. The summed E-state index contributed by atoms with van der Waals surface area (Å²) in [6, 6.07) is -0.237. The highest BCUT2D eigenvalue weighted by Gasteiger charge is 2.24. The number of aromatic nitrogens is 2. The fourth-order valence-electron chi connectivity index (χ4n) is 1.63. The molecule has 1 aromatic heterocycles. The molecule has 1 rings (SSSR count). The number of sulfonamides is 1. The van der Waals surface area contributed by atoms with E-state index in [1.807, 2.05) is 6.92 Å². The Morgan fingerprint density at radius 2 is 2.18 bits per heavy atom. The number of nitrogens with one attached hydrogen (secondary N) is 2. The molecule has 0 saturated carbocycles. The third-order valence-corrected chi connectivity index (χ3v) is 4.29. The van der Waals surface area contributed by atoms with Crippen molar-refractivity contribution in [2.75, 3.05) is 0 Å². The first-order valence-corrected chi connectivity index (χ1v) is 6.88. The molecule has 0 amide bonds. The van der Waals surface area contributed by atoms with Crippen molar-refractivity contribution in [1.29, 1.82) is 0 Å². The zero-order valence-corrected chi connectivity index (χ0v) is 11.1. The van der Waals surface area contributed by atoms with E-state index in [-0.39, 0.29) is 10.9 Å². The quantitative estimate of drug-likeness (QED) is 0.774. The maximum Gasteiger partial charge on any atom is 0.244 e. The molecule has 1 heterocycles. The van der Waals surface area contributed by atoms with Crippen LogP contribution in [-0.4, -0.2) is 24.7 Å². The molecule has 1 unspecified atom stereocenters. The van der Waals surface area contributed by atoms with Crippen LogP contribution < -0.4 is 4.72 Å². The van der Waals surface area contributed by atoms with Crippen LogP contribution in [0.3, 0.4) is 0 Å². The van der Waals surface area contributed by atoms with Crippen LogP contribution in [0.15, 0.2) is 4.90 Å². The third-order valence-electron chi connectivity index (χ3n) is 2.51. The zero-order chi connectivity index (χ0) is 13.1. The number of hydrogen-bond donors (Lipinski definition) is 2. The van der Waals surface area contributed by atoms with Crippen LogP contribution >= 0.6 is 0 Å². The minimum atomic E-state index is -3.55. The third kappa shape index (κ3) is 3.08. The molecule has 2 N–H and O–H groups in total. The van der Waals surface area contributed by atoms with Gasteiger partial charge in [0, 0.05) is 12.5 Å². The molecule has 6 heteroatoms. The molecule has 94 valence electrons. The van der Waals surface area contributed by atoms with Gasteiger partial charge in [-0.2, -0.15) is 5.10 Å². The van der Waals surface area contributed by atoms with E-state index >= 15 is 0 Å². The summed E-state index contributed by atoms with van der Waals surface area (Å²) >= 11 is 0. The molecule has 0 bridgehead atoms. The molecule has 0 aliphatic heterocycles. The minimum Gasteiger partial charge on any atom is -0.281 e. The van der Waals surface area contributed by atoms with Crippen LogP contribution in [0.25, 0.3) is 0 Å². The number of rotatable bonds is 5. The van der Waals surface area contributed by atoms with Crippen LogP contribution in [0.2, 0.25) is 0 Å². The average Bonchev–Trinajstić information content (AvgIpc) is 2.58. The van der Waals surface area contributed by atoms with E-state index in [4.69, 9.17) is 6.42 Å². The fourth-order valence-corrected chi connectivity index (χ4v) is 3.32. The number of aromatic amines is 1. The summed E-state index contributed by atoms with van der Waals surface area (Å²) in [7, 11) is -3.55. The van der Waals surface area contributed by atoms with Gasteiger partial charge in [0.25, 0.3) is 0 Å². The summed E-state index contributed by atoms with van der Waals surface area (Å²) in [5.41, 5.74) is 0.996. The predicted octanol–water partition coefficient (Wildman–Crippen LogP) is 1.11. The highest BCUT2D eigenvalue weighted by molar-refractivity contribution is 7.89. The van der Waals surface area contributed by atoms with Crippen molar-refractivity contribution in [3.05, 3.63) is 11.4 Å². The van der Waals surface area contributed by atoms with Gasteiger partial charge in [-0.3, -0.25) is 5.10 Å². The van der Waals surface area contributed by atoms with Crippen molar-refractivity contribution in [2.24, 2.45) is 0 Å². The summed E-state index contributed by atoms with van der Waals surface area (Å²) in [6.07, 6.45) is 6.23. The first-order valence-electron chi connectivity index (χ1n) is 5.39. The summed E-state index contributed by atoms with van der Waals surface area (Å²) in [4.78, 5) is 0.216. The van der Waals surface area contributed by atoms with E-state index in [0.29, 0.717) is 24.2 Å². The summed E-state index contributed by atoms with van der Waals surface area (Å²) in [6.45, 7) is 5.22. The number of hydrogen-bond acceptors (Lipinski definition) is 3. The maximum atomic E-state index is 12.1. The highest BCUT2D eigenvalue weighted by atomic mass is 32.2. The number of nitrogens with zero attached hydrogens (tertiary/aromatic N) is 1. The van der Waals surface area contributed by atoms with Crippen molar-refractivity contribution < 1.29 is 8.42 Å². The Kier molecular flexibility index (Phi) is 4.32. The van der Waals surface area contributed by atoms with Gasteiger partial charge in [-0.25, -0.2) is 13.1 Å². The highest BCUT2D eigenvalue weighted by Crippen LogP contribution is 2.17. The van der Waals surface area contributed by atoms with Gasteiger partial charge in [-0.1, -0.05) is 6.92 Å². The lowest BCUT2D eigenvalue weighted by Crippen LogP contribution is -2.34. The lowest BCUT2D eigenvalue weighted by atomic mass is 10.2. The second kappa shape index (κ2) is 5.34. The van der Waals surface area contributed by atoms with E-state index < -0.39 is 10.0 Å². The molecule has 1 aromatic rings. The molecule has 0 spiro atoms. The largest absolute Gasteiger partial charge is 0.281 e. The molecule has 0 aliphatic carbocycles. The summed E-state index contributed by atoms with van der Waals surface area (Å²) in [5, 5.41) is 6.53. The molecule has 17 heavy (non-hydrogen) atoms. The van der Waals surface area contributed by atoms with Crippen molar-refractivity contribution in [2.45, 2.75) is 44.6 Å². The summed E-state index contributed by atoms with van der Waals surface area (Å²) < 4.78 is 26.9. The van der Waals surface area contributed by atoms with Crippen LogP contribution in [0.4, 0.5) is 0 Å². The van der Waals surface area contributed by atoms with Crippen molar-refractivity contribution >= 4 is 10.0 Å². The van der Waals surface area contributed by atoms with Gasteiger partial charge in [-0.05, 0) is 20.3 Å². The van der Waals surface area contributed by atoms with Gasteiger partial charge < -0.3 is 0 Å². The molecule has 1 atom stereocenters. The molecule has 0 saturated heterocycles. The Balaban J connectivity index is 3.01. The van der Waals surface area contributed by atoms with Gasteiger partial charge in [0.1, 0.15) is 4.90 Å². The van der Waals surface area contributed by atoms with E-state index in [0.717, 1.165) is 0 Å². The van der Waals surface area contributed by atoms with Gasteiger partial charge in [-0.15, -0.1) is 12.3 Å². The van der Waals surface area contributed by atoms with Crippen molar-refractivity contribution in [1.82, 2.24) is 14.9 Å². The number of H-pyrrole nitrogens is 1. The molecule has 0 aromatic carbocycles. The van der Waals surface area contributed by atoms with E-state index in [2.05, 4.69) is 20.8 Å². The van der Waals surface area contributed by atoms with Gasteiger partial charge in [0.15, 0.2) is 0 Å². The SMILES string of the molecule is C#CCC(CC)NS(=O)(=O)c1c(C)n[nH]c1C. The van der Waals surface area contributed by atoms with Crippen LogP contribution in [-0.2, 0) is 10.0 Å². The second-order valence-corrected chi connectivity index (χ2v) is 5.55. The molecule has 0 aliphatic rings. The van der Waals surface area contributed by atoms with E-state index in [9.17, 15) is 8.42 Å². The Morgan fingerprint density at radius 1 is 1.53 bits per heavy atom. The maximum absolute atomic E-state index is 12.1. The zero-order valence-electron chi connectivity index (χ0n) is 10.2. The van der Waals surface area contributed by atoms with Crippen LogP contribution in [0, 0.1) is 26.2 Å². The summed E-state index contributed by atoms with van der Waals surface area (Å²) in [5.74, 6) is 2.47. The Morgan fingerprint density at radius 3 is 2.59 bits per heavy atom. The number of terminal acetylenes is 1. The topological polar surface area (TPSA) is 74.8 Å². The van der Waals surface area contributed by atoms with Crippen LogP contribution in [0.1, 0.15) is 31.2 Å². The predicted molar refractivity (Wildman–Crippen MR) is 65.9 cm³/mol. The normalized spacial score (nSPS) is 13.3. The van der Waals surface area contributed by atoms with E-state index in [1.54, 1.807) is 13.8 Å². The lowest BCUT2D eigenvalue weighted by molar-refractivity contribution is 0.543. The lowest BCUT2D eigenvalue weighted by Gasteiger charge is -2.14. The fraction of sp³-hybridized carbons (Fsp3) is 0.545. The van der Waals surface area contributed by atoms with Crippen LogP contribution in [0.5, 0.6) is 0 Å². The molecule has 0 radical (unpaired) electrons. The van der Waals surface area contributed by atoms with Gasteiger partial charge in [0.05, 0.1) is 11.4 Å². The van der Waals surface area contributed by atoms with Crippen molar-refractivity contribution in [3.8, 4) is 12.3 Å². The van der Waals surface area contributed by atoms with Gasteiger partial charge in [0.2, 0.25) is 10.0 Å². The Hall–Kier alpha value is -1.32. The Labute approximate surface area is 102 Å². The van der Waals surface area contributed by atoms with Crippen molar-refractivity contribution in [3.63, 3.8) is 0 Å². The smallest absolute Gasteiger partial charge is 0.244 e. The monoisotopic (exact) mass is 255 g/mol. The molecule has 0 fully saturated rings. The first kappa shape index (κ1) is 13.7. The second-order valence-electron chi connectivity index (χ2n) is 3.90. The van der Waals surface area contributed by atoms with Gasteiger partial charge >= 0.3 is 0 Å². The average molecular weight is 255 g/mol. The standard InChI is InChI=1S/C11H17N3O2S/c1-5-7-10(6-2)14-17(15,16)11-8(3)12-13-9(11)4/h1,10,14H,6-7H2,2-4H3,(H,12,13). The first-order chi connectivity index (χ1) is 7.92.